The Bertz CT molecular complexity index is 524. The van der Waals surface area contributed by atoms with Gasteiger partial charge < -0.3 is 10.4 Å². The van der Waals surface area contributed by atoms with Gasteiger partial charge in [-0.1, -0.05) is 29.5 Å². The SMILES string of the molecule is Cc1ccccc1C(C)NCc1cn(CCO)nn1. The van der Waals surface area contributed by atoms with Gasteiger partial charge in [0.05, 0.1) is 18.8 Å². The van der Waals surface area contributed by atoms with Crippen LogP contribution in [0, 0.1) is 6.92 Å². The van der Waals surface area contributed by atoms with Crippen molar-refractivity contribution in [1.82, 2.24) is 20.3 Å². The normalized spacial score (nSPS) is 12.6. The van der Waals surface area contributed by atoms with Gasteiger partial charge in [-0.15, -0.1) is 5.10 Å². The fourth-order valence-electron chi connectivity index (χ4n) is 2.07. The van der Waals surface area contributed by atoms with Crippen molar-refractivity contribution in [3.63, 3.8) is 0 Å². The van der Waals surface area contributed by atoms with E-state index >= 15 is 0 Å². The van der Waals surface area contributed by atoms with Crippen LogP contribution in [0.3, 0.4) is 0 Å². The van der Waals surface area contributed by atoms with Gasteiger partial charge in [-0.05, 0) is 25.0 Å². The van der Waals surface area contributed by atoms with Crippen molar-refractivity contribution in [3.8, 4) is 0 Å². The number of hydrogen-bond donors (Lipinski definition) is 2. The molecule has 1 unspecified atom stereocenters. The van der Waals surface area contributed by atoms with Gasteiger partial charge in [0.25, 0.3) is 0 Å². The molecule has 1 atom stereocenters. The standard InChI is InChI=1S/C14H20N4O/c1-11-5-3-4-6-14(11)12(2)15-9-13-10-18(7-8-19)17-16-13/h3-6,10,12,15,19H,7-9H2,1-2H3. The lowest BCUT2D eigenvalue weighted by atomic mass is 10.0. The number of nitrogens with one attached hydrogen (secondary N) is 1. The van der Waals surface area contributed by atoms with E-state index in [9.17, 15) is 0 Å². The Morgan fingerprint density at radius 3 is 2.89 bits per heavy atom. The predicted octanol–water partition coefficient (Wildman–Crippen LogP) is 1.43. The molecule has 2 aromatic rings. The molecule has 1 heterocycles. The number of aliphatic hydroxyl groups excluding tert-OH is 1. The fraction of sp³-hybridized carbons (Fsp3) is 0.429. The van der Waals surface area contributed by atoms with Gasteiger partial charge in [0.15, 0.2) is 0 Å². The van der Waals surface area contributed by atoms with Crippen LogP contribution < -0.4 is 5.32 Å². The molecule has 0 aliphatic heterocycles. The van der Waals surface area contributed by atoms with E-state index in [2.05, 4.69) is 47.7 Å². The van der Waals surface area contributed by atoms with Gasteiger partial charge in [-0.25, -0.2) is 4.68 Å². The van der Waals surface area contributed by atoms with Crippen molar-refractivity contribution in [2.24, 2.45) is 0 Å². The summed E-state index contributed by atoms with van der Waals surface area (Å²) in [5.41, 5.74) is 3.46. The minimum atomic E-state index is 0.0792. The molecule has 0 radical (unpaired) electrons. The molecular formula is C14H20N4O. The van der Waals surface area contributed by atoms with Crippen LogP contribution in [0.4, 0.5) is 0 Å². The molecule has 102 valence electrons. The van der Waals surface area contributed by atoms with Crippen LogP contribution in [0.25, 0.3) is 0 Å². The maximum atomic E-state index is 8.82. The first-order valence-corrected chi connectivity index (χ1v) is 6.49. The Morgan fingerprint density at radius 2 is 2.16 bits per heavy atom. The number of rotatable bonds is 6. The molecule has 5 nitrogen and oxygen atoms in total. The van der Waals surface area contributed by atoms with Gasteiger partial charge in [0.1, 0.15) is 0 Å². The Hall–Kier alpha value is -1.72. The van der Waals surface area contributed by atoms with E-state index in [0.29, 0.717) is 13.1 Å². The summed E-state index contributed by atoms with van der Waals surface area (Å²) < 4.78 is 1.65. The van der Waals surface area contributed by atoms with Crippen molar-refractivity contribution < 1.29 is 5.11 Å². The third-order valence-electron chi connectivity index (χ3n) is 3.16. The van der Waals surface area contributed by atoms with Gasteiger partial charge in [-0.3, -0.25) is 0 Å². The lowest BCUT2D eigenvalue weighted by Gasteiger charge is -2.15. The molecule has 2 N–H and O–H groups in total. The maximum absolute atomic E-state index is 8.82. The monoisotopic (exact) mass is 260 g/mol. The number of benzene rings is 1. The Kier molecular flexibility index (Phi) is 4.65. The summed E-state index contributed by atoms with van der Waals surface area (Å²) >= 11 is 0. The minimum Gasteiger partial charge on any atom is -0.394 e. The van der Waals surface area contributed by atoms with Crippen molar-refractivity contribution in [3.05, 3.63) is 47.3 Å². The predicted molar refractivity (Wildman–Crippen MR) is 73.5 cm³/mol. The fourth-order valence-corrected chi connectivity index (χ4v) is 2.07. The topological polar surface area (TPSA) is 63.0 Å². The average Bonchev–Trinajstić information content (AvgIpc) is 2.85. The average molecular weight is 260 g/mol. The summed E-state index contributed by atoms with van der Waals surface area (Å²) in [4.78, 5) is 0. The number of hydrogen-bond acceptors (Lipinski definition) is 4. The minimum absolute atomic E-state index is 0.0792. The summed E-state index contributed by atoms with van der Waals surface area (Å²) in [6.45, 7) is 5.49. The van der Waals surface area contributed by atoms with Gasteiger partial charge >= 0.3 is 0 Å². The molecule has 2 rings (SSSR count). The van der Waals surface area contributed by atoms with Gasteiger partial charge in [-0.2, -0.15) is 0 Å². The summed E-state index contributed by atoms with van der Waals surface area (Å²) in [6.07, 6.45) is 1.85. The zero-order chi connectivity index (χ0) is 13.7. The van der Waals surface area contributed by atoms with Crippen LogP contribution in [0.5, 0.6) is 0 Å². The molecule has 0 spiro atoms. The Balaban J connectivity index is 1.92. The summed E-state index contributed by atoms with van der Waals surface area (Å²) in [5.74, 6) is 0. The molecule has 1 aromatic heterocycles. The van der Waals surface area contributed by atoms with E-state index in [0.717, 1.165) is 5.69 Å². The highest BCUT2D eigenvalue weighted by Gasteiger charge is 2.08. The van der Waals surface area contributed by atoms with Gasteiger partial charge in [0, 0.05) is 18.8 Å². The molecule has 0 aliphatic carbocycles. The van der Waals surface area contributed by atoms with E-state index in [-0.39, 0.29) is 12.6 Å². The molecule has 0 fully saturated rings. The number of aryl methyl sites for hydroxylation is 1. The number of nitrogens with zero attached hydrogens (tertiary/aromatic N) is 3. The lowest BCUT2D eigenvalue weighted by molar-refractivity contribution is 0.268. The van der Waals surface area contributed by atoms with Crippen molar-refractivity contribution in [2.75, 3.05) is 6.61 Å². The molecule has 19 heavy (non-hydrogen) atoms. The largest absolute Gasteiger partial charge is 0.394 e. The number of aliphatic hydroxyl groups is 1. The third kappa shape index (κ3) is 3.62. The second kappa shape index (κ2) is 6.45. The van der Waals surface area contributed by atoms with Crippen molar-refractivity contribution in [1.29, 1.82) is 0 Å². The third-order valence-corrected chi connectivity index (χ3v) is 3.16. The van der Waals surface area contributed by atoms with Crippen LogP contribution in [0.15, 0.2) is 30.5 Å². The van der Waals surface area contributed by atoms with Crippen molar-refractivity contribution >= 4 is 0 Å². The highest BCUT2D eigenvalue weighted by molar-refractivity contribution is 5.28. The van der Waals surface area contributed by atoms with E-state index in [1.807, 2.05) is 12.3 Å². The smallest absolute Gasteiger partial charge is 0.0965 e. The molecule has 0 saturated carbocycles. The summed E-state index contributed by atoms with van der Waals surface area (Å²) in [6, 6.07) is 8.62. The highest BCUT2D eigenvalue weighted by atomic mass is 16.3. The zero-order valence-electron chi connectivity index (χ0n) is 11.4. The van der Waals surface area contributed by atoms with Crippen LogP contribution in [0.1, 0.15) is 29.8 Å². The molecule has 0 aliphatic rings. The second-order valence-electron chi connectivity index (χ2n) is 4.66. The van der Waals surface area contributed by atoms with Crippen LogP contribution in [0.2, 0.25) is 0 Å². The molecule has 1 aromatic carbocycles. The van der Waals surface area contributed by atoms with Gasteiger partial charge in [0.2, 0.25) is 0 Å². The first-order valence-electron chi connectivity index (χ1n) is 6.49. The molecular weight excluding hydrogens is 240 g/mol. The molecule has 0 bridgehead atoms. The first-order chi connectivity index (χ1) is 9.20. The molecule has 5 heteroatoms. The van der Waals surface area contributed by atoms with Crippen LogP contribution >= 0.6 is 0 Å². The Labute approximate surface area is 113 Å². The first kappa shape index (κ1) is 13.7. The number of aromatic nitrogens is 3. The molecule has 0 amide bonds. The van der Waals surface area contributed by atoms with E-state index in [1.54, 1.807) is 4.68 Å². The highest BCUT2D eigenvalue weighted by Crippen LogP contribution is 2.16. The van der Waals surface area contributed by atoms with E-state index < -0.39 is 0 Å². The van der Waals surface area contributed by atoms with E-state index in [4.69, 9.17) is 5.11 Å². The van der Waals surface area contributed by atoms with Crippen molar-refractivity contribution in [2.45, 2.75) is 33.0 Å². The van der Waals surface area contributed by atoms with E-state index in [1.165, 1.54) is 11.1 Å². The maximum Gasteiger partial charge on any atom is 0.0965 e. The second-order valence-corrected chi connectivity index (χ2v) is 4.66. The summed E-state index contributed by atoms with van der Waals surface area (Å²) in [5, 5.41) is 20.3. The lowest BCUT2D eigenvalue weighted by Crippen LogP contribution is -2.19. The zero-order valence-corrected chi connectivity index (χ0v) is 11.4. The molecule has 0 saturated heterocycles. The van der Waals surface area contributed by atoms with Crippen LogP contribution in [-0.4, -0.2) is 26.7 Å². The summed E-state index contributed by atoms with van der Waals surface area (Å²) in [7, 11) is 0. The Morgan fingerprint density at radius 1 is 1.37 bits per heavy atom. The quantitative estimate of drug-likeness (QED) is 0.824. The van der Waals surface area contributed by atoms with Crippen LogP contribution in [-0.2, 0) is 13.1 Å².